The maximum Gasteiger partial charge on any atom is 0.0638 e. The van der Waals surface area contributed by atoms with Gasteiger partial charge in [0.05, 0.1) is 12.2 Å². The van der Waals surface area contributed by atoms with E-state index >= 15 is 0 Å². The fourth-order valence-corrected chi connectivity index (χ4v) is 3.75. The topological polar surface area (TPSA) is 33.1 Å². The fraction of sp³-hybridized carbons (Fsp3) is 0.476. The molecule has 1 aromatic carbocycles. The van der Waals surface area contributed by atoms with E-state index in [-0.39, 0.29) is 0 Å². The fourth-order valence-electron chi connectivity index (χ4n) is 3.75. The molecule has 0 amide bonds. The number of allylic oxidation sites excluding steroid dienone is 1. The number of nitrogens with one attached hydrogen (secondary N) is 1. The summed E-state index contributed by atoms with van der Waals surface area (Å²) in [5, 5.41) is 8.07. The van der Waals surface area contributed by atoms with Crippen LogP contribution in [0.1, 0.15) is 34.7 Å². The van der Waals surface area contributed by atoms with E-state index in [2.05, 4.69) is 66.2 Å². The Balaban J connectivity index is 1.41. The first kappa shape index (κ1) is 17.9. The van der Waals surface area contributed by atoms with E-state index in [1.807, 2.05) is 10.8 Å². The van der Waals surface area contributed by atoms with Gasteiger partial charge in [0.1, 0.15) is 0 Å². The highest BCUT2D eigenvalue weighted by Gasteiger charge is 2.24. The number of rotatable bonds is 8. The number of hydrogen-bond acceptors (Lipinski definition) is 3. The number of aryl methyl sites for hydroxylation is 2. The summed E-state index contributed by atoms with van der Waals surface area (Å²) in [6.45, 7) is 14.3. The standard InChI is InChI=1S/C21H30N4/c1-4-11-25-16-20(18(3)23-25)14-22-10-13-24-12-9-19(15-24)21-8-6-5-7-17(21)2/h4-8,16,19,22H,1,9-15H2,2-3H3/t19-/m1/s1. The number of hydrogen-bond donors (Lipinski definition) is 1. The van der Waals surface area contributed by atoms with Crippen LogP contribution in [0.2, 0.25) is 0 Å². The second-order valence-electron chi connectivity index (χ2n) is 7.07. The molecule has 0 aliphatic carbocycles. The van der Waals surface area contributed by atoms with Gasteiger partial charge in [-0.05, 0) is 43.9 Å². The van der Waals surface area contributed by atoms with Crippen molar-refractivity contribution in [3.63, 3.8) is 0 Å². The molecule has 0 radical (unpaired) electrons. The highest BCUT2D eigenvalue weighted by molar-refractivity contribution is 5.30. The molecule has 134 valence electrons. The molecule has 2 heterocycles. The average Bonchev–Trinajstić information content (AvgIpc) is 3.19. The Morgan fingerprint density at radius 2 is 2.16 bits per heavy atom. The quantitative estimate of drug-likeness (QED) is 0.592. The lowest BCUT2D eigenvalue weighted by Crippen LogP contribution is -2.30. The van der Waals surface area contributed by atoms with Crippen LogP contribution >= 0.6 is 0 Å². The van der Waals surface area contributed by atoms with Gasteiger partial charge in [-0.1, -0.05) is 30.3 Å². The van der Waals surface area contributed by atoms with Gasteiger partial charge in [-0.15, -0.1) is 6.58 Å². The predicted molar refractivity (Wildman–Crippen MR) is 104 cm³/mol. The van der Waals surface area contributed by atoms with Gasteiger partial charge in [0.15, 0.2) is 0 Å². The highest BCUT2D eigenvalue weighted by atomic mass is 15.3. The summed E-state index contributed by atoms with van der Waals surface area (Å²) in [5.41, 5.74) is 5.35. The number of aromatic nitrogens is 2. The number of nitrogens with zero attached hydrogens (tertiary/aromatic N) is 3. The Hall–Kier alpha value is -1.91. The SMILES string of the molecule is C=CCn1cc(CNCCN2CC[C@@H](c3ccccc3C)C2)c(C)n1. The Morgan fingerprint density at radius 3 is 2.96 bits per heavy atom. The minimum Gasteiger partial charge on any atom is -0.311 e. The molecule has 4 nitrogen and oxygen atoms in total. The largest absolute Gasteiger partial charge is 0.311 e. The molecule has 1 atom stereocenters. The van der Waals surface area contributed by atoms with Crippen molar-refractivity contribution in [2.75, 3.05) is 26.2 Å². The van der Waals surface area contributed by atoms with E-state index in [0.29, 0.717) is 5.92 Å². The van der Waals surface area contributed by atoms with Crippen molar-refractivity contribution >= 4 is 0 Å². The van der Waals surface area contributed by atoms with Crippen LogP contribution in [-0.4, -0.2) is 40.9 Å². The van der Waals surface area contributed by atoms with Crippen LogP contribution < -0.4 is 5.32 Å². The molecule has 0 bridgehead atoms. The summed E-state index contributed by atoms with van der Waals surface area (Å²) in [4.78, 5) is 2.58. The van der Waals surface area contributed by atoms with E-state index < -0.39 is 0 Å². The van der Waals surface area contributed by atoms with Gasteiger partial charge < -0.3 is 10.2 Å². The molecule has 1 aliphatic rings. The second-order valence-corrected chi connectivity index (χ2v) is 7.07. The zero-order valence-electron chi connectivity index (χ0n) is 15.5. The van der Waals surface area contributed by atoms with Crippen LogP contribution in [0.15, 0.2) is 43.1 Å². The van der Waals surface area contributed by atoms with E-state index in [9.17, 15) is 0 Å². The molecule has 0 spiro atoms. The van der Waals surface area contributed by atoms with Gasteiger partial charge in [-0.3, -0.25) is 4.68 Å². The van der Waals surface area contributed by atoms with Gasteiger partial charge in [0.2, 0.25) is 0 Å². The summed E-state index contributed by atoms with van der Waals surface area (Å²) >= 11 is 0. The third-order valence-electron chi connectivity index (χ3n) is 5.19. The third kappa shape index (κ3) is 4.59. The average molecular weight is 338 g/mol. The lowest BCUT2D eigenvalue weighted by atomic mass is 9.94. The minimum absolute atomic E-state index is 0.695. The van der Waals surface area contributed by atoms with Crippen molar-refractivity contribution < 1.29 is 0 Å². The van der Waals surface area contributed by atoms with E-state index in [1.54, 1.807) is 0 Å². The van der Waals surface area contributed by atoms with E-state index in [0.717, 1.165) is 31.9 Å². The molecule has 0 unspecified atom stereocenters. The van der Waals surface area contributed by atoms with Crippen LogP contribution in [0, 0.1) is 13.8 Å². The van der Waals surface area contributed by atoms with Gasteiger partial charge in [0.25, 0.3) is 0 Å². The van der Waals surface area contributed by atoms with Gasteiger partial charge in [-0.2, -0.15) is 5.10 Å². The molecule has 1 fully saturated rings. The van der Waals surface area contributed by atoms with Crippen LogP contribution in [0.3, 0.4) is 0 Å². The molecule has 3 rings (SSSR count). The van der Waals surface area contributed by atoms with E-state index in [4.69, 9.17) is 0 Å². The van der Waals surface area contributed by atoms with Crippen LogP contribution in [-0.2, 0) is 13.1 Å². The van der Waals surface area contributed by atoms with Gasteiger partial charge >= 0.3 is 0 Å². The number of likely N-dealkylation sites (tertiary alicyclic amines) is 1. The normalized spacial score (nSPS) is 17.9. The van der Waals surface area contributed by atoms with Crippen LogP contribution in [0.25, 0.3) is 0 Å². The van der Waals surface area contributed by atoms with Crippen molar-refractivity contribution in [2.45, 2.75) is 39.3 Å². The Bertz CT molecular complexity index is 704. The summed E-state index contributed by atoms with van der Waals surface area (Å²) < 4.78 is 1.95. The third-order valence-corrected chi connectivity index (χ3v) is 5.19. The number of benzene rings is 1. The van der Waals surface area contributed by atoms with E-state index in [1.165, 1.54) is 36.2 Å². The summed E-state index contributed by atoms with van der Waals surface area (Å²) in [6.07, 6.45) is 5.27. The Morgan fingerprint density at radius 1 is 1.32 bits per heavy atom. The molecule has 4 heteroatoms. The molecule has 1 aromatic heterocycles. The molecule has 0 saturated carbocycles. The molecule has 1 N–H and O–H groups in total. The van der Waals surface area contributed by atoms with Crippen LogP contribution in [0.4, 0.5) is 0 Å². The van der Waals surface area contributed by atoms with Crippen molar-refractivity contribution in [3.05, 3.63) is 65.5 Å². The molecule has 1 saturated heterocycles. The summed E-state index contributed by atoms with van der Waals surface area (Å²) in [7, 11) is 0. The Kier molecular flexibility index (Phi) is 6.05. The van der Waals surface area contributed by atoms with Gasteiger partial charge in [-0.25, -0.2) is 0 Å². The zero-order chi connectivity index (χ0) is 17.6. The lowest BCUT2D eigenvalue weighted by molar-refractivity contribution is 0.331. The smallest absolute Gasteiger partial charge is 0.0638 e. The molecular weight excluding hydrogens is 308 g/mol. The van der Waals surface area contributed by atoms with Gasteiger partial charge in [0, 0.05) is 37.9 Å². The molecule has 2 aromatic rings. The Labute approximate surface area is 151 Å². The maximum absolute atomic E-state index is 4.50. The predicted octanol–water partition coefficient (Wildman–Crippen LogP) is 3.27. The first-order valence-corrected chi connectivity index (χ1v) is 9.30. The lowest BCUT2D eigenvalue weighted by Gasteiger charge is -2.17. The van der Waals surface area contributed by atoms with Crippen LogP contribution in [0.5, 0.6) is 0 Å². The van der Waals surface area contributed by atoms with Crippen molar-refractivity contribution in [3.8, 4) is 0 Å². The maximum atomic E-state index is 4.50. The zero-order valence-corrected chi connectivity index (χ0v) is 15.5. The van der Waals surface area contributed by atoms with Crippen molar-refractivity contribution in [1.29, 1.82) is 0 Å². The molecule has 25 heavy (non-hydrogen) atoms. The minimum atomic E-state index is 0.695. The monoisotopic (exact) mass is 338 g/mol. The van der Waals surface area contributed by atoms with Crippen molar-refractivity contribution in [2.24, 2.45) is 0 Å². The van der Waals surface area contributed by atoms with Crippen molar-refractivity contribution in [1.82, 2.24) is 20.0 Å². The highest BCUT2D eigenvalue weighted by Crippen LogP contribution is 2.28. The first-order valence-electron chi connectivity index (χ1n) is 9.30. The molecule has 1 aliphatic heterocycles. The summed E-state index contributed by atoms with van der Waals surface area (Å²) in [6, 6.07) is 8.83. The first-order chi connectivity index (χ1) is 12.2. The summed E-state index contributed by atoms with van der Waals surface area (Å²) in [5.74, 6) is 0.695. The molecular formula is C21H30N4. The second kappa shape index (κ2) is 8.45.